The molecule has 1 aliphatic heterocycles. The topological polar surface area (TPSA) is 55.8 Å². The molecule has 0 aliphatic carbocycles. The maximum atomic E-state index is 11.9. The van der Waals surface area contributed by atoms with Crippen LogP contribution in [0, 0.1) is 0 Å². The van der Waals surface area contributed by atoms with Crippen molar-refractivity contribution in [1.82, 2.24) is 0 Å². The third kappa shape index (κ3) is 5.06. The van der Waals surface area contributed by atoms with Crippen LogP contribution in [0.1, 0.15) is 79.8 Å². The van der Waals surface area contributed by atoms with Crippen LogP contribution < -0.4 is 9.47 Å². The van der Waals surface area contributed by atoms with Gasteiger partial charge in [-0.3, -0.25) is 0 Å². The first kappa shape index (κ1) is 20.2. The van der Waals surface area contributed by atoms with Gasteiger partial charge < -0.3 is 14.6 Å². The van der Waals surface area contributed by atoms with E-state index < -0.39 is 5.97 Å². The van der Waals surface area contributed by atoms with Gasteiger partial charge in [0, 0.05) is 12.0 Å². The first-order chi connectivity index (χ1) is 13.7. The van der Waals surface area contributed by atoms with Crippen LogP contribution in [0.2, 0.25) is 0 Å². The third-order valence-corrected chi connectivity index (χ3v) is 5.26. The molecule has 1 N–H and O–H groups in total. The Labute approximate surface area is 167 Å². The van der Waals surface area contributed by atoms with Crippen LogP contribution in [0.4, 0.5) is 0 Å². The molecule has 0 amide bonds. The van der Waals surface area contributed by atoms with Crippen molar-refractivity contribution in [3.05, 3.63) is 53.1 Å². The molecule has 4 heteroatoms. The second kappa shape index (κ2) is 10.2. The monoisotopic (exact) mass is 382 g/mol. The molecule has 0 unspecified atom stereocenters. The van der Waals surface area contributed by atoms with Crippen molar-refractivity contribution in [2.24, 2.45) is 0 Å². The quantitative estimate of drug-likeness (QED) is 0.380. The van der Waals surface area contributed by atoms with Gasteiger partial charge in [-0.15, -0.1) is 0 Å². The van der Waals surface area contributed by atoms with Gasteiger partial charge in [-0.2, -0.15) is 0 Å². The molecule has 0 fully saturated rings. The van der Waals surface area contributed by atoms with Crippen LogP contribution in [0.15, 0.2) is 36.4 Å². The molecule has 1 aliphatic rings. The maximum absolute atomic E-state index is 11.9. The SMILES string of the molecule is CCCCCCCCCCOc1ccc2c(c1C(=O)O)Cc1ccccc1O2. The first-order valence-corrected chi connectivity index (χ1v) is 10.5. The van der Waals surface area contributed by atoms with Crippen LogP contribution in [-0.4, -0.2) is 17.7 Å². The minimum atomic E-state index is -0.967. The zero-order valence-corrected chi connectivity index (χ0v) is 16.7. The smallest absolute Gasteiger partial charge is 0.339 e. The fourth-order valence-electron chi connectivity index (χ4n) is 3.71. The molecule has 0 saturated heterocycles. The van der Waals surface area contributed by atoms with E-state index in [0.29, 0.717) is 30.1 Å². The lowest BCUT2D eigenvalue weighted by Crippen LogP contribution is -2.12. The molecule has 0 radical (unpaired) electrons. The van der Waals surface area contributed by atoms with Crippen molar-refractivity contribution in [2.45, 2.75) is 64.7 Å². The average Bonchev–Trinajstić information content (AvgIpc) is 2.70. The number of carbonyl (C=O) groups is 1. The van der Waals surface area contributed by atoms with Gasteiger partial charge in [0.2, 0.25) is 0 Å². The molecule has 0 atom stereocenters. The molecular weight excluding hydrogens is 352 g/mol. The molecule has 0 aromatic heterocycles. The number of carboxylic acid groups (broad SMARTS) is 1. The van der Waals surface area contributed by atoms with Crippen molar-refractivity contribution >= 4 is 5.97 Å². The number of aromatic carboxylic acids is 1. The number of hydrogen-bond acceptors (Lipinski definition) is 3. The fraction of sp³-hybridized carbons (Fsp3) is 0.458. The highest BCUT2D eigenvalue weighted by atomic mass is 16.5. The second-order valence-corrected chi connectivity index (χ2v) is 7.43. The summed E-state index contributed by atoms with van der Waals surface area (Å²) in [5.74, 6) is 0.873. The van der Waals surface area contributed by atoms with Gasteiger partial charge in [0.15, 0.2) is 0 Å². The Morgan fingerprint density at radius 3 is 2.43 bits per heavy atom. The normalized spacial score (nSPS) is 12.0. The third-order valence-electron chi connectivity index (χ3n) is 5.26. The van der Waals surface area contributed by atoms with Crippen LogP contribution in [0.3, 0.4) is 0 Å². The van der Waals surface area contributed by atoms with E-state index in [1.165, 1.54) is 38.5 Å². The number of para-hydroxylation sites is 1. The summed E-state index contributed by atoms with van der Waals surface area (Å²) in [5.41, 5.74) is 1.92. The number of ether oxygens (including phenoxy) is 2. The van der Waals surface area contributed by atoms with E-state index in [1.54, 1.807) is 6.07 Å². The molecule has 1 heterocycles. The number of rotatable bonds is 11. The Bertz CT molecular complexity index is 797. The van der Waals surface area contributed by atoms with Crippen molar-refractivity contribution < 1.29 is 19.4 Å². The Hall–Kier alpha value is -2.49. The number of hydrogen-bond donors (Lipinski definition) is 1. The van der Waals surface area contributed by atoms with Crippen molar-refractivity contribution in [3.63, 3.8) is 0 Å². The van der Waals surface area contributed by atoms with E-state index in [-0.39, 0.29) is 5.56 Å². The van der Waals surface area contributed by atoms with Gasteiger partial charge in [0.25, 0.3) is 0 Å². The second-order valence-electron chi connectivity index (χ2n) is 7.43. The van der Waals surface area contributed by atoms with E-state index in [1.807, 2.05) is 30.3 Å². The average molecular weight is 383 g/mol. The van der Waals surface area contributed by atoms with Gasteiger partial charge in [0.1, 0.15) is 22.8 Å². The summed E-state index contributed by atoms with van der Waals surface area (Å²) in [6.45, 7) is 2.78. The lowest BCUT2D eigenvalue weighted by atomic mass is 9.95. The molecule has 4 nitrogen and oxygen atoms in total. The number of carboxylic acids is 1. The number of unbranched alkanes of at least 4 members (excludes halogenated alkanes) is 7. The van der Waals surface area contributed by atoms with Gasteiger partial charge in [0.05, 0.1) is 6.61 Å². The summed E-state index contributed by atoms with van der Waals surface area (Å²) in [6, 6.07) is 11.3. The summed E-state index contributed by atoms with van der Waals surface area (Å²) in [4.78, 5) is 11.9. The van der Waals surface area contributed by atoms with Crippen LogP contribution >= 0.6 is 0 Å². The summed E-state index contributed by atoms with van der Waals surface area (Å²) in [6.07, 6.45) is 10.3. The highest BCUT2D eigenvalue weighted by Crippen LogP contribution is 2.41. The highest BCUT2D eigenvalue weighted by molar-refractivity contribution is 5.94. The van der Waals surface area contributed by atoms with Gasteiger partial charge >= 0.3 is 5.97 Å². The summed E-state index contributed by atoms with van der Waals surface area (Å²) < 4.78 is 11.8. The van der Waals surface area contributed by atoms with Gasteiger partial charge in [-0.1, -0.05) is 70.1 Å². The number of fused-ring (bicyclic) bond motifs is 2. The Balaban J connectivity index is 1.57. The maximum Gasteiger partial charge on any atom is 0.339 e. The highest BCUT2D eigenvalue weighted by Gasteiger charge is 2.26. The summed E-state index contributed by atoms with van der Waals surface area (Å²) >= 11 is 0. The minimum Gasteiger partial charge on any atom is -0.493 e. The van der Waals surface area contributed by atoms with Gasteiger partial charge in [-0.05, 0) is 30.2 Å². The first-order valence-electron chi connectivity index (χ1n) is 10.5. The molecule has 0 bridgehead atoms. The Morgan fingerprint density at radius 2 is 1.68 bits per heavy atom. The molecule has 3 rings (SSSR count). The molecule has 28 heavy (non-hydrogen) atoms. The van der Waals surface area contributed by atoms with Crippen LogP contribution in [-0.2, 0) is 6.42 Å². The van der Waals surface area contributed by atoms with E-state index >= 15 is 0 Å². The van der Waals surface area contributed by atoms with Crippen LogP contribution in [0.5, 0.6) is 17.2 Å². The van der Waals surface area contributed by atoms with E-state index in [9.17, 15) is 9.90 Å². The molecular formula is C24H30O4. The Kier molecular flexibility index (Phi) is 7.35. The van der Waals surface area contributed by atoms with E-state index in [2.05, 4.69) is 6.92 Å². The van der Waals surface area contributed by atoms with Gasteiger partial charge in [-0.25, -0.2) is 4.79 Å². The minimum absolute atomic E-state index is 0.228. The Morgan fingerprint density at radius 1 is 0.964 bits per heavy atom. The zero-order valence-electron chi connectivity index (χ0n) is 16.7. The fourth-order valence-corrected chi connectivity index (χ4v) is 3.71. The molecule has 150 valence electrons. The van der Waals surface area contributed by atoms with E-state index in [4.69, 9.17) is 9.47 Å². The van der Waals surface area contributed by atoms with Crippen molar-refractivity contribution in [2.75, 3.05) is 6.61 Å². The number of benzene rings is 2. The molecule has 2 aromatic carbocycles. The zero-order chi connectivity index (χ0) is 19.8. The lowest BCUT2D eigenvalue weighted by Gasteiger charge is -2.23. The molecule has 2 aromatic rings. The predicted molar refractivity (Wildman–Crippen MR) is 111 cm³/mol. The van der Waals surface area contributed by atoms with Crippen molar-refractivity contribution in [3.8, 4) is 17.2 Å². The molecule has 0 spiro atoms. The van der Waals surface area contributed by atoms with Crippen LogP contribution in [0.25, 0.3) is 0 Å². The molecule has 0 saturated carbocycles. The summed E-state index contributed by atoms with van der Waals surface area (Å²) in [7, 11) is 0. The van der Waals surface area contributed by atoms with E-state index in [0.717, 1.165) is 24.2 Å². The predicted octanol–water partition coefficient (Wildman–Crippen LogP) is 6.60. The lowest BCUT2D eigenvalue weighted by molar-refractivity contribution is 0.0690. The van der Waals surface area contributed by atoms with Crippen molar-refractivity contribution in [1.29, 1.82) is 0 Å². The standard InChI is InChI=1S/C24H30O4/c1-2-3-4-5-6-7-8-11-16-27-22-15-14-21-19(23(22)24(25)26)17-18-12-9-10-13-20(18)28-21/h9-10,12-15H,2-8,11,16-17H2,1H3,(H,25,26). The largest absolute Gasteiger partial charge is 0.493 e. The summed E-state index contributed by atoms with van der Waals surface area (Å²) in [5, 5.41) is 9.78.